The fraction of sp³-hybridized carbons (Fsp3) is 0.510. The summed E-state index contributed by atoms with van der Waals surface area (Å²) in [5.74, 6) is -1.95. The van der Waals surface area contributed by atoms with E-state index >= 15 is 4.39 Å². The molecule has 3 aromatic rings. The summed E-state index contributed by atoms with van der Waals surface area (Å²) in [6.07, 6.45) is 13.6. The normalized spacial score (nSPS) is 26.6. The summed E-state index contributed by atoms with van der Waals surface area (Å²) < 4.78 is 22.0. The molecule has 346 valence electrons. The number of aliphatic hydroxyl groups is 1. The van der Waals surface area contributed by atoms with E-state index < -0.39 is 41.7 Å². The van der Waals surface area contributed by atoms with Crippen molar-refractivity contribution in [3.63, 3.8) is 0 Å². The molecule has 3 N–H and O–H groups in total. The van der Waals surface area contributed by atoms with Crippen LogP contribution in [-0.2, 0) is 16.0 Å². The zero-order valence-corrected chi connectivity index (χ0v) is 38.7. The Morgan fingerprint density at radius 2 is 1.71 bits per heavy atom. The van der Waals surface area contributed by atoms with Gasteiger partial charge in [-0.25, -0.2) is 4.39 Å². The topological polar surface area (TPSA) is 178 Å². The quantitative estimate of drug-likeness (QED) is 0.102. The first-order valence-electron chi connectivity index (χ1n) is 23.3. The van der Waals surface area contributed by atoms with Crippen LogP contribution in [0, 0.1) is 39.3 Å². The molecule has 6 aliphatic rings. The van der Waals surface area contributed by atoms with Gasteiger partial charge in [0.05, 0.1) is 33.1 Å². The Morgan fingerprint density at radius 3 is 2.39 bits per heavy atom. The van der Waals surface area contributed by atoms with Gasteiger partial charge in [0, 0.05) is 48.9 Å². The third-order valence-electron chi connectivity index (χ3n) is 15.4. The molecule has 2 saturated heterocycles. The van der Waals surface area contributed by atoms with Crippen LogP contribution in [0.5, 0.6) is 5.75 Å². The van der Waals surface area contributed by atoms with Crippen LogP contribution in [0.15, 0.2) is 65.8 Å². The second kappa shape index (κ2) is 17.6. The van der Waals surface area contributed by atoms with Crippen LogP contribution in [0.2, 0.25) is 5.02 Å². The average molecular weight is 919 g/mol. The average Bonchev–Trinajstić information content (AvgIpc) is 3.67. The molecule has 4 heterocycles. The molecule has 0 radical (unpaired) electrons. The van der Waals surface area contributed by atoms with Gasteiger partial charge < -0.3 is 14.7 Å². The molecular formula is C51H57ClFN7O6. The minimum Gasteiger partial charge on any atom is -0.489 e. The number of aliphatic hydroxyl groups excluding tert-OH is 1. The van der Waals surface area contributed by atoms with Crippen LogP contribution in [0.25, 0.3) is 0 Å². The van der Waals surface area contributed by atoms with Gasteiger partial charge in [0.25, 0.3) is 11.8 Å². The first-order chi connectivity index (χ1) is 31.5. The highest BCUT2D eigenvalue weighted by atomic mass is 35.5. The van der Waals surface area contributed by atoms with Crippen LogP contribution in [0.4, 0.5) is 10.1 Å². The number of hydrogen-bond acceptors (Lipinski definition) is 11. The Hall–Kier alpha value is -5.49. The Balaban J connectivity index is 0.744. The van der Waals surface area contributed by atoms with Crippen molar-refractivity contribution < 1.29 is 33.4 Å². The number of aromatic nitrogens is 2. The fourth-order valence-corrected chi connectivity index (χ4v) is 12.3. The van der Waals surface area contributed by atoms with Gasteiger partial charge in [-0.15, -0.1) is 0 Å². The number of carbonyl (C=O) groups excluding carboxylic acids is 4. The maximum atomic E-state index is 15.6. The molecule has 2 aromatic carbocycles. The van der Waals surface area contributed by atoms with Gasteiger partial charge in [0.1, 0.15) is 41.7 Å². The van der Waals surface area contributed by atoms with Crippen molar-refractivity contribution >= 4 is 40.9 Å². The SMILES string of the molecule is CC1(C)C(NC(O)c2ccc(CC3=CCCC(/C=C4/CCC5(CCN(c6cc7c(cc6F)C(=O)N(C6CCC(=O)NC6=O)C7=O)CC5)C4)CC3)nn2)C(C)(C)C1Oc1ccc(C#N)c(Cl)c1. The van der Waals surface area contributed by atoms with Gasteiger partial charge in [-0.3, -0.25) is 34.7 Å². The monoisotopic (exact) mass is 917 g/mol. The first kappa shape index (κ1) is 45.7. The zero-order chi connectivity index (χ0) is 46.7. The van der Waals surface area contributed by atoms with Crippen molar-refractivity contribution in [3.8, 4) is 11.8 Å². The highest BCUT2D eigenvalue weighted by Gasteiger charge is 2.64. The van der Waals surface area contributed by atoms with Gasteiger partial charge in [-0.05, 0) is 112 Å². The van der Waals surface area contributed by atoms with E-state index in [0.29, 0.717) is 53.1 Å². The zero-order valence-electron chi connectivity index (χ0n) is 38.0. The lowest BCUT2D eigenvalue weighted by Gasteiger charge is -2.63. The molecule has 9 rings (SSSR count). The maximum Gasteiger partial charge on any atom is 0.262 e. The summed E-state index contributed by atoms with van der Waals surface area (Å²) in [4.78, 5) is 53.7. The Labute approximate surface area is 389 Å². The number of hydrogen-bond donors (Lipinski definition) is 3. The molecule has 1 aromatic heterocycles. The lowest BCUT2D eigenvalue weighted by atomic mass is 9.49. The number of nitriles is 1. The number of ether oxygens (including phenoxy) is 1. The van der Waals surface area contributed by atoms with E-state index in [1.54, 1.807) is 18.2 Å². The van der Waals surface area contributed by atoms with Gasteiger partial charge in [-0.1, -0.05) is 62.6 Å². The summed E-state index contributed by atoms with van der Waals surface area (Å²) in [5, 5.41) is 35.4. The molecule has 1 spiro atoms. The molecule has 4 amide bonds. The predicted molar refractivity (Wildman–Crippen MR) is 245 cm³/mol. The van der Waals surface area contributed by atoms with E-state index in [-0.39, 0.29) is 52.4 Å². The van der Waals surface area contributed by atoms with Crippen LogP contribution >= 0.6 is 11.6 Å². The van der Waals surface area contributed by atoms with E-state index in [0.717, 1.165) is 74.4 Å². The first-order valence-corrected chi connectivity index (χ1v) is 23.6. The van der Waals surface area contributed by atoms with E-state index in [1.165, 1.54) is 17.2 Å². The van der Waals surface area contributed by atoms with E-state index in [2.05, 4.69) is 66.7 Å². The number of rotatable bonds is 10. The van der Waals surface area contributed by atoms with Crippen LogP contribution in [-0.4, -0.2) is 75.1 Å². The molecule has 4 fully saturated rings. The molecule has 2 saturated carbocycles. The van der Waals surface area contributed by atoms with Crippen LogP contribution < -0.4 is 20.3 Å². The fourth-order valence-electron chi connectivity index (χ4n) is 12.1. The van der Waals surface area contributed by atoms with Crippen molar-refractivity contribution in [2.45, 2.75) is 129 Å². The molecule has 13 nitrogen and oxygen atoms in total. The summed E-state index contributed by atoms with van der Waals surface area (Å²) in [7, 11) is 0. The lowest BCUT2D eigenvalue weighted by Crippen LogP contribution is -2.74. The third-order valence-corrected chi connectivity index (χ3v) is 15.7. The predicted octanol–water partition coefficient (Wildman–Crippen LogP) is 8.06. The van der Waals surface area contributed by atoms with Crippen molar-refractivity contribution in [3.05, 3.63) is 105 Å². The van der Waals surface area contributed by atoms with E-state index in [4.69, 9.17) is 16.3 Å². The van der Waals surface area contributed by atoms with Crippen molar-refractivity contribution in [1.82, 2.24) is 25.7 Å². The Morgan fingerprint density at radius 1 is 0.970 bits per heavy atom. The molecule has 3 aliphatic heterocycles. The van der Waals surface area contributed by atoms with Crippen molar-refractivity contribution in [2.24, 2.45) is 22.2 Å². The number of nitrogens with one attached hydrogen (secondary N) is 2. The Kier molecular flexibility index (Phi) is 12.2. The third kappa shape index (κ3) is 8.54. The number of amides is 4. The number of benzene rings is 2. The second-order valence-corrected chi connectivity index (χ2v) is 21.0. The number of halogens is 2. The lowest BCUT2D eigenvalue weighted by molar-refractivity contribution is -0.180. The minimum absolute atomic E-state index is 0.0218. The molecule has 66 heavy (non-hydrogen) atoms. The maximum absolute atomic E-state index is 15.6. The molecule has 15 heteroatoms. The highest BCUT2D eigenvalue weighted by molar-refractivity contribution is 6.31. The van der Waals surface area contributed by atoms with Crippen LogP contribution in [0.3, 0.4) is 0 Å². The molecule has 3 atom stereocenters. The summed E-state index contributed by atoms with van der Waals surface area (Å²) in [6.45, 7) is 9.70. The molecule has 0 bridgehead atoms. The van der Waals surface area contributed by atoms with Crippen molar-refractivity contribution in [2.75, 3.05) is 18.0 Å². The number of nitrogens with zero attached hydrogens (tertiary/aromatic N) is 5. The minimum atomic E-state index is -1.09. The number of piperidine rings is 2. The van der Waals surface area contributed by atoms with Gasteiger partial charge in [0.2, 0.25) is 11.8 Å². The van der Waals surface area contributed by atoms with Crippen molar-refractivity contribution in [1.29, 1.82) is 5.26 Å². The highest BCUT2D eigenvalue weighted by Crippen LogP contribution is 2.56. The van der Waals surface area contributed by atoms with Gasteiger partial charge in [0.15, 0.2) is 0 Å². The largest absolute Gasteiger partial charge is 0.489 e. The second-order valence-electron chi connectivity index (χ2n) is 20.5. The van der Waals surface area contributed by atoms with E-state index in [1.807, 2.05) is 17.0 Å². The number of anilines is 1. The smallest absolute Gasteiger partial charge is 0.262 e. The molecular weight excluding hydrogens is 861 g/mol. The number of imide groups is 2. The molecule has 3 aliphatic carbocycles. The van der Waals surface area contributed by atoms with E-state index in [9.17, 15) is 29.5 Å². The molecule has 3 unspecified atom stereocenters. The Bertz CT molecular complexity index is 2560. The van der Waals surface area contributed by atoms with Gasteiger partial charge >= 0.3 is 0 Å². The summed E-state index contributed by atoms with van der Waals surface area (Å²) in [5.41, 5.74) is 4.41. The number of allylic oxidation sites excluding steroid dienone is 4. The standard InChI is InChI=1S/C51H57ClFN7O6/c1-49(2)47(50(3,4)48(49)66-34-12-10-32(28-54)37(52)24-34)56-43(62)39-13-11-33(57-58-39)23-30-7-5-6-29(8-9-30)22-31-16-17-51(27-31)18-20-59(21-19-51)41-26-36-35(25-38(41)53)45(64)60(46(36)65)40-14-15-42(61)55-44(40)63/h7,10-13,22,24-26,29,40,43,47-48,56,62H,5-6,8-9,14-21,23,27H2,1-4H3,(H,55,61,63)/b31-22-. The summed E-state index contributed by atoms with van der Waals surface area (Å²) >= 11 is 6.27. The number of fused-ring (bicyclic) bond motifs is 1. The number of carbonyl (C=O) groups is 4. The van der Waals surface area contributed by atoms with Gasteiger partial charge in [-0.2, -0.15) is 15.5 Å². The summed E-state index contributed by atoms with van der Waals surface area (Å²) in [6, 6.07) is 12.4. The van der Waals surface area contributed by atoms with Crippen LogP contribution in [0.1, 0.15) is 142 Å².